The van der Waals surface area contributed by atoms with Gasteiger partial charge in [-0.3, -0.25) is 4.79 Å². The molecule has 2 rings (SSSR count). The average molecular weight is 327 g/mol. The van der Waals surface area contributed by atoms with Crippen LogP contribution in [0.5, 0.6) is 5.75 Å². The Labute approximate surface area is 136 Å². The highest BCUT2D eigenvalue weighted by atomic mass is 35.5. The van der Waals surface area contributed by atoms with Crippen molar-refractivity contribution in [3.63, 3.8) is 0 Å². The summed E-state index contributed by atoms with van der Waals surface area (Å²) in [6, 6.07) is 7.24. The minimum absolute atomic E-state index is 0.146. The third-order valence-electron chi connectivity index (χ3n) is 3.68. The Bertz CT molecular complexity index is 481. The van der Waals surface area contributed by atoms with Crippen LogP contribution < -0.4 is 4.74 Å². The number of ether oxygens (including phenoxy) is 1. The second kappa shape index (κ2) is 8.36. The highest BCUT2D eigenvalue weighted by Gasteiger charge is 2.22. The molecule has 1 N–H and O–H groups in total. The molecule has 1 fully saturated rings. The lowest BCUT2D eigenvalue weighted by Crippen LogP contribution is -2.40. The Morgan fingerprint density at radius 2 is 2.14 bits per heavy atom. The molecular formula is C16H23ClN2O3. The van der Waals surface area contributed by atoms with Crippen molar-refractivity contribution in [3.8, 4) is 5.75 Å². The number of nitrogens with zero attached hydrogens (tertiary/aromatic N) is 2. The highest BCUT2D eigenvalue weighted by Crippen LogP contribution is 2.15. The van der Waals surface area contributed by atoms with Gasteiger partial charge in [0.15, 0.2) is 0 Å². The van der Waals surface area contributed by atoms with Crippen LogP contribution in [0, 0.1) is 0 Å². The molecule has 0 aromatic heterocycles. The number of aliphatic hydroxyl groups is 1. The Morgan fingerprint density at radius 3 is 2.77 bits per heavy atom. The Hall–Kier alpha value is -1.30. The third kappa shape index (κ3) is 5.48. The number of hydrogen-bond acceptors (Lipinski definition) is 4. The van der Waals surface area contributed by atoms with Crippen LogP contribution in [-0.4, -0.2) is 66.8 Å². The van der Waals surface area contributed by atoms with Gasteiger partial charge in [-0.25, -0.2) is 0 Å². The number of carbonyl (C=O) groups excluding carboxylic acids is 1. The molecule has 22 heavy (non-hydrogen) atoms. The number of carbonyl (C=O) groups is 1. The van der Waals surface area contributed by atoms with Gasteiger partial charge in [-0.05, 0) is 37.7 Å². The first-order chi connectivity index (χ1) is 10.5. The normalized spacial score (nSPS) is 16.4. The molecule has 1 atom stereocenters. The van der Waals surface area contributed by atoms with Gasteiger partial charge in [0.2, 0.25) is 5.91 Å². The van der Waals surface area contributed by atoms with Crippen molar-refractivity contribution in [1.82, 2.24) is 9.80 Å². The summed E-state index contributed by atoms with van der Waals surface area (Å²) >= 11 is 5.81. The van der Waals surface area contributed by atoms with E-state index in [2.05, 4.69) is 0 Å². The summed E-state index contributed by atoms with van der Waals surface area (Å²) in [5, 5.41) is 10.7. The highest BCUT2D eigenvalue weighted by molar-refractivity contribution is 6.30. The van der Waals surface area contributed by atoms with E-state index in [0.29, 0.717) is 37.7 Å². The predicted molar refractivity (Wildman–Crippen MR) is 86.3 cm³/mol. The molecule has 0 radical (unpaired) electrons. The molecular weight excluding hydrogens is 304 g/mol. The maximum absolute atomic E-state index is 11.5. The van der Waals surface area contributed by atoms with Crippen LogP contribution >= 0.6 is 11.6 Å². The van der Waals surface area contributed by atoms with Crippen molar-refractivity contribution in [2.24, 2.45) is 0 Å². The van der Waals surface area contributed by atoms with E-state index in [0.717, 1.165) is 18.7 Å². The molecule has 1 aliphatic heterocycles. The van der Waals surface area contributed by atoms with Gasteiger partial charge in [0.05, 0.1) is 6.10 Å². The van der Waals surface area contributed by atoms with Crippen LogP contribution in [-0.2, 0) is 4.79 Å². The van der Waals surface area contributed by atoms with Gasteiger partial charge in [0.1, 0.15) is 12.4 Å². The third-order valence-corrected chi connectivity index (χ3v) is 3.93. The van der Waals surface area contributed by atoms with Gasteiger partial charge in [-0.1, -0.05) is 11.6 Å². The number of benzene rings is 1. The van der Waals surface area contributed by atoms with E-state index in [9.17, 15) is 9.90 Å². The summed E-state index contributed by atoms with van der Waals surface area (Å²) in [7, 11) is 1.93. The monoisotopic (exact) mass is 326 g/mol. The molecule has 1 heterocycles. The van der Waals surface area contributed by atoms with E-state index in [-0.39, 0.29) is 5.91 Å². The molecule has 5 nitrogen and oxygen atoms in total. The maximum atomic E-state index is 11.5. The number of halogens is 1. The van der Waals surface area contributed by atoms with Crippen molar-refractivity contribution >= 4 is 17.5 Å². The summed E-state index contributed by atoms with van der Waals surface area (Å²) in [6.45, 7) is 2.94. The molecule has 0 saturated carbocycles. The van der Waals surface area contributed by atoms with E-state index in [4.69, 9.17) is 16.3 Å². The number of hydrogen-bond donors (Lipinski definition) is 1. The van der Waals surface area contributed by atoms with Gasteiger partial charge < -0.3 is 19.6 Å². The van der Waals surface area contributed by atoms with Crippen molar-refractivity contribution in [2.45, 2.75) is 18.9 Å². The zero-order valence-electron chi connectivity index (χ0n) is 12.9. The summed E-state index contributed by atoms with van der Waals surface area (Å²) < 4.78 is 5.62. The standard InChI is InChI=1S/C16H23ClN2O3/c1-18(9-10-22-15-6-4-13(17)5-7-15)11-14(20)12-19-8-2-3-16(19)21/h4-7,14,20H,2-3,8-12H2,1H3. The number of aliphatic hydroxyl groups excluding tert-OH is 1. The van der Waals surface area contributed by atoms with Crippen LogP contribution in [0.25, 0.3) is 0 Å². The summed E-state index contributed by atoms with van der Waals surface area (Å²) in [4.78, 5) is 15.3. The molecule has 1 aromatic rings. The molecule has 1 aromatic carbocycles. The molecule has 122 valence electrons. The molecule has 1 unspecified atom stereocenters. The minimum Gasteiger partial charge on any atom is -0.492 e. The van der Waals surface area contributed by atoms with Crippen molar-refractivity contribution < 1.29 is 14.6 Å². The lowest BCUT2D eigenvalue weighted by atomic mass is 10.3. The van der Waals surface area contributed by atoms with E-state index in [1.54, 1.807) is 17.0 Å². The first-order valence-electron chi connectivity index (χ1n) is 7.57. The fourth-order valence-corrected chi connectivity index (χ4v) is 2.64. The molecule has 1 amide bonds. The smallest absolute Gasteiger partial charge is 0.222 e. The van der Waals surface area contributed by atoms with E-state index >= 15 is 0 Å². The molecule has 0 bridgehead atoms. The fraction of sp³-hybridized carbons (Fsp3) is 0.562. The van der Waals surface area contributed by atoms with Crippen molar-refractivity contribution in [3.05, 3.63) is 29.3 Å². The van der Waals surface area contributed by atoms with Gasteiger partial charge >= 0.3 is 0 Å². The van der Waals surface area contributed by atoms with Gasteiger partial charge in [-0.15, -0.1) is 0 Å². The summed E-state index contributed by atoms with van der Waals surface area (Å²) in [5.41, 5.74) is 0. The number of likely N-dealkylation sites (N-methyl/N-ethyl adjacent to an activating group) is 1. The topological polar surface area (TPSA) is 53.0 Å². The van der Waals surface area contributed by atoms with Crippen LogP contribution in [0.1, 0.15) is 12.8 Å². The van der Waals surface area contributed by atoms with Crippen molar-refractivity contribution in [2.75, 3.05) is 39.8 Å². The Morgan fingerprint density at radius 1 is 1.41 bits per heavy atom. The molecule has 6 heteroatoms. The lowest BCUT2D eigenvalue weighted by Gasteiger charge is -2.24. The largest absolute Gasteiger partial charge is 0.492 e. The second-order valence-corrected chi connectivity index (χ2v) is 6.10. The van der Waals surface area contributed by atoms with Crippen LogP contribution in [0.4, 0.5) is 0 Å². The first-order valence-corrected chi connectivity index (χ1v) is 7.95. The molecule has 0 spiro atoms. The summed E-state index contributed by atoms with van der Waals surface area (Å²) in [6.07, 6.45) is 0.982. The average Bonchev–Trinajstić information content (AvgIpc) is 2.86. The fourth-order valence-electron chi connectivity index (χ4n) is 2.51. The van der Waals surface area contributed by atoms with Crippen LogP contribution in [0.15, 0.2) is 24.3 Å². The van der Waals surface area contributed by atoms with Crippen LogP contribution in [0.3, 0.4) is 0 Å². The molecule has 1 saturated heterocycles. The van der Waals surface area contributed by atoms with Gasteiger partial charge in [0, 0.05) is 37.6 Å². The Kier molecular flexibility index (Phi) is 6.49. The quantitative estimate of drug-likeness (QED) is 0.789. The predicted octanol–water partition coefficient (Wildman–Crippen LogP) is 1.63. The van der Waals surface area contributed by atoms with E-state index in [1.807, 2.05) is 24.1 Å². The molecule has 0 aliphatic carbocycles. The maximum Gasteiger partial charge on any atom is 0.222 e. The second-order valence-electron chi connectivity index (χ2n) is 5.66. The minimum atomic E-state index is -0.525. The molecule has 1 aliphatic rings. The van der Waals surface area contributed by atoms with Crippen LogP contribution in [0.2, 0.25) is 5.02 Å². The number of amides is 1. The summed E-state index contributed by atoms with van der Waals surface area (Å²) in [5.74, 6) is 0.925. The van der Waals surface area contributed by atoms with Gasteiger partial charge in [-0.2, -0.15) is 0 Å². The first kappa shape index (κ1) is 17.1. The Balaban J connectivity index is 1.63. The zero-order valence-corrected chi connectivity index (χ0v) is 13.6. The lowest BCUT2D eigenvalue weighted by molar-refractivity contribution is -0.129. The SMILES string of the molecule is CN(CCOc1ccc(Cl)cc1)CC(O)CN1CCCC1=O. The number of β-amino-alcohol motifs (C(OH)–C–C–N with tert-alkyl or cyclic N) is 1. The van der Waals surface area contributed by atoms with Gasteiger partial charge in [0.25, 0.3) is 0 Å². The number of likely N-dealkylation sites (tertiary alicyclic amines) is 1. The zero-order chi connectivity index (χ0) is 15.9. The van der Waals surface area contributed by atoms with E-state index < -0.39 is 6.10 Å². The number of rotatable bonds is 8. The van der Waals surface area contributed by atoms with E-state index in [1.165, 1.54) is 0 Å². The van der Waals surface area contributed by atoms with Crippen molar-refractivity contribution in [1.29, 1.82) is 0 Å².